The fraction of sp³-hybridized carbons (Fsp3) is 0.222. The van der Waals surface area contributed by atoms with Gasteiger partial charge in [-0.1, -0.05) is 51.8 Å². The van der Waals surface area contributed by atoms with Crippen LogP contribution in [0.1, 0.15) is 12.0 Å². The highest BCUT2D eigenvalue weighted by Crippen LogP contribution is 2.31. The molecule has 2 amide bonds. The number of nitrogens with one attached hydrogen (secondary N) is 1. The van der Waals surface area contributed by atoms with Crippen molar-refractivity contribution in [2.45, 2.75) is 13.0 Å². The molecule has 1 aliphatic heterocycles. The Morgan fingerprint density at radius 1 is 1.25 bits per heavy atom. The molecule has 0 spiro atoms. The van der Waals surface area contributed by atoms with Gasteiger partial charge in [-0.3, -0.25) is 9.59 Å². The average Bonchev–Trinajstić information content (AvgIpc) is 2.95. The summed E-state index contributed by atoms with van der Waals surface area (Å²) in [6.45, 7) is 0.794. The van der Waals surface area contributed by atoms with Gasteiger partial charge in [0.1, 0.15) is 0 Å². The van der Waals surface area contributed by atoms with Gasteiger partial charge in [-0.2, -0.15) is 0 Å². The van der Waals surface area contributed by atoms with Gasteiger partial charge in [0.05, 0.1) is 16.6 Å². The second-order valence-electron chi connectivity index (χ2n) is 5.70. The molecule has 6 heteroatoms. The Bertz CT molecular complexity index is 781. The van der Waals surface area contributed by atoms with Gasteiger partial charge in [-0.15, -0.1) is 0 Å². The standard InChI is InChI=1S/C18H16BrClN2O2/c19-14-5-3-4-12(8-14)10-21-18(24)13-9-17(23)22(11-13)16-7-2-1-6-15(16)20/h1-8,13H,9-11H2,(H,21,24). The van der Waals surface area contributed by atoms with E-state index in [1.54, 1.807) is 17.0 Å². The van der Waals surface area contributed by atoms with Crippen LogP contribution in [0.25, 0.3) is 0 Å². The van der Waals surface area contributed by atoms with Crippen LogP contribution in [-0.4, -0.2) is 18.4 Å². The van der Waals surface area contributed by atoms with E-state index in [1.807, 2.05) is 36.4 Å². The monoisotopic (exact) mass is 406 g/mol. The van der Waals surface area contributed by atoms with Gasteiger partial charge in [-0.25, -0.2) is 0 Å². The zero-order valence-corrected chi connectivity index (χ0v) is 15.2. The first-order valence-electron chi connectivity index (χ1n) is 7.61. The SMILES string of the molecule is O=C(NCc1cccc(Br)c1)C1CC(=O)N(c2ccccc2Cl)C1. The predicted octanol–water partition coefficient (Wildman–Crippen LogP) is 3.77. The number of hydrogen-bond donors (Lipinski definition) is 1. The largest absolute Gasteiger partial charge is 0.352 e. The number of anilines is 1. The number of amides is 2. The number of carbonyl (C=O) groups excluding carboxylic acids is 2. The molecule has 0 aromatic heterocycles. The van der Waals surface area contributed by atoms with E-state index < -0.39 is 0 Å². The van der Waals surface area contributed by atoms with Crippen LogP contribution in [0.5, 0.6) is 0 Å². The maximum atomic E-state index is 12.4. The normalized spacial score (nSPS) is 17.2. The van der Waals surface area contributed by atoms with Crippen molar-refractivity contribution in [1.29, 1.82) is 0 Å². The van der Waals surface area contributed by atoms with Crippen LogP contribution in [0.15, 0.2) is 53.0 Å². The molecule has 1 unspecified atom stereocenters. The Morgan fingerprint density at radius 3 is 2.79 bits per heavy atom. The predicted molar refractivity (Wildman–Crippen MR) is 97.9 cm³/mol. The van der Waals surface area contributed by atoms with E-state index in [0.29, 0.717) is 23.8 Å². The van der Waals surface area contributed by atoms with Gasteiger partial charge in [-0.05, 0) is 29.8 Å². The van der Waals surface area contributed by atoms with Gasteiger partial charge in [0.2, 0.25) is 11.8 Å². The molecule has 1 saturated heterocycles. The van der Waals surface area contributed by atoms with Crippen molar-refractivity contribution in [3.05, 3.63) is 63.6 Å². The van der Waals surface area contributed by atoms with Crippen LogP contribution in [0.3, 0.4) is 0 Å². The summed E-state index contributed by atoms with van der Waals surface area (Å²) in [5.41, 5.74) is 1.66. The second kappa shape index (κ2) is 7.36. The second-order valence-corrected chi connectivity index (χ2v) is 7.03. The van der Waals surface area contributed by atoms with Crippen LogP contribution < -0.4 is 10.2 Å². The number of rotatable bonds is 4. The van der Waals surface area contributed by atoms with Gasteiger partial charge in [0.25, 0.3) is 0 Å². The van der Waals surface area contributed by atoms with Crippen molar-refractivity contribution in [3.8, 4) is 0 Å². The van der Waals surface area contributed by atoms with Crippen LogP contribution in [-0.2, 0) is 16.1 Å². The highest BCUT2D eigenvalue weighted by molar-refractivity contribution is 9.10. The molecule has 0 radical (unpaired) electrons. The molecule has 1 heterocycles. The van der Waals surface area contributed by atoms with E-state index >= 15 is 0 Å². The van der Waals surface area contributed by atoms with Crippen molar-refractivity contribution >= 4 is 45.0 Å². The summed E-state index contributed by atoms with van der Waals surface area (Å²) < 4.78 is 0.968. The van der Waals surface area contributed by atoms with Crippen molar-refractivity contribution < 1.29 is 9.59 Å². The molecule has 2 aromatic carbocycles. The fourth-order valence-electron chi connectivity index (χ4n) is 2.77. The van der Waals surface area contributed by atoms with Gasteiger partial charge < -0.3 is 10.2 Å². The highest BCUT2D eigenvalue weighted by Gasteiger charge is 2.35. The van der Waals surface area contributed by atoms with Crippen molar-refractivity contribution in [2.75, 3.05) is 11.4 Å². The van der Waals surface area contributed by atoms with Crippen LogP contribution in [0.4, 0.5) is 5.69 Å². The van der Waals surface area contributed by atoms with Crippen molar-refractivity contribution in [2.24, 2.45) is 5.92 Å². The Kier molecular flexibility index (Phi) is 5.21. The average molecular weight is 408 g/mol. The van der Waals surface area contributed by atoms with Crippen molar-refractivity contribution in [3.63, 3.8) is 0 Å². The quantitative estimate of drug-likeness (QED) is 0.839. The maximum absolute atomic E-state index is 12.4. The molecule has 1 N–H and O–H groups in total. The highest BCUT2D eigenvalue weighted by atomic mass is 79.9. The van der Waals surface area contributed by atoms with Crippen LogP contribution >= 0.6 is 27.5 Å². The smallest absolute Gasteiger partial charge is 0.227 e. The summed E-state index contributed by atoms with van der Waals surface area (Å²) in [7, 11) is 0. The number of halogens is 2. The lowest BCUT2D eigenvalue weighted by atomic mass is 10.1. The molecule has 1 fully saturated rings. The summed E-state index contributed by atoms with van der Waals surface area (Å²) in [5.74, 6) is -0.551. The Hall–Kier alpha value is -1.85. The Morgan fingerprint density at radius 2 is 2.04 bits per heavy atom. The van der Waals surface area contributed by atoms with E-state index in [9.17, 15) is 9.59 Å². The molecule has 0 saturated carbocycles. The first-order valence-corrected chi connectivity index (χ1v) is 8.79. The molecule has 4 nitrogen and oxygen atoms in total. The van der Waals surface area contributed by atoms with E-state index in [2.05, 4.69) is 21.2 Å². The van der Waals surface area contributed by atoms with Crippen LogP contribution in [0, 0.1) is 5.92 Å². The van der Waals surface area contributed by atoms with Gasteiger partial charge >= 0.3 is 0 Å². The van der Waals surface area contributed by atoms with Gasteiger partial charge in [0, 0.05) is 24.0 Å². The first-order chi connectivity index (χ1) is 11.5. The van der Waals surface area contributed by atoms with Crippen LogP contribution in [0.2, 0.25) is 5.02 Å². The lowest BCUT2D eigenvalue weighted by molar-refractivity contribution is -0.126. The number of nitrogens with zero attached hydrogens (tertiary/aromatic N) is 1. The summed E-state index contributed by atoms with van der Waals surface area (Å²) in [6.07, 6.45) is 0.204. The van der Waals surface area contributed by atoms with E-state index in [1.165, 1.54) is 0 Å². The molecule has 0 aliphatic carbocycles. The van der Waals surface area contributed by atoms with E-state index in [4.69, 9.17) is 11.6 Å². The van der Waals surface area contributed by atoms with Gasteiger partial charge in [0.15, 0.2) is 0 Å². The lowest BCUT2D eigenvalue weighted by Crippen LogP contribution is -2.32. The minimum atomic E-state index is -0.360. The minimum absolute atomic E-state index is 0.0781. The fourth-order valence-corrected chi connectivity index (χ4v) is 3.45. The first kappa shape index (κ1) is 17.0. The molecule has 124 valence electrons. The zero-order chi connectivity index (χ0) is 17.1. The zero-order valence-electron chi connectivity index (χ0n) is 12.8. The Balaban J connectivity index is 1.63. The number of benzene rings is 2. The number of para-hydroxylation sites is 1. The number of hydrogen-bond acceptors (Lipinski definition) is 2. The minimum Gasteiger partial charge on any atom is -0.352 e. The topological polar surface area (TPSA) is 49.4 Å². The molecular formula is C18H16BrClN2O2. The van der Waals surface area contributed by atoms with Crippen molar-refractivity contribution in [1.82, 2.24) is 5.32 Å². The molecule has 3 rings (SSSR count). The molecule has 1 aliphatic rings. The van der Waals surface area contributed by atoms with E-state index in [0.717, 1.165) is 10.0 Å². The molecular weight excluding hydrogens is 392 g/mol. The molecule has 24 heavy (non-hydrogen) atoms. The summed E-state index contributed by atoms with van der Waals surface area (Å²) in [5, 5.41) is 3.42. The Labute approximate surface area is 153 Å². The summed E-state index contributed by atoms with van der Waals surface area (Å²) in [6, 6.07) is 14.9. The number of carbonyl (C=O) groups is 2. The molecule has 2 aromatic rings. The lowest BCUT2D eigenvalue weighted by Gasteiger charge is -2.18. The third-order valence-corrected chi connectivity index (χ3v) is 4.81. The third kappa shape index (κ3) is 3.79. The molecule has 0 bridgehead atoms. The summed E-state index contributed by atoms with van der Waals surface area (Å²) in [4.78, 5) is 26.2. The summed E-state index contributed by atoms with van der Waals surface area (Å²) >= 11 is 9.56. The third-order valence-electron chi connectivity index (χ3n) is 3.99. The molecule has 1 atom stereocenters. The maximum Gasteiger partial charge on any atom is 0.227 e. The van der Waals surface area contributed by atoms with E-state index in [-0.39, 0.29) is 24.2 Å².